The molecule has 0 saturated carbocycles. The van der Waals surface area contributed by atoms with Crippen LogP contribution in [0.3, 0.4) is 0 Å². The number of aromatic nitrogens is 2. The van der Waals surface area contributed by atoms with E-state index in [2.05, 4.69) is 15.5 Å². The molecule has 2 aromatic rings. The molecule has 1 saturated heterocycles. The van der Waals surface area contributed by atoms with Crippen molar-refractivity contribution in [2.24, 2.45) is 5.92 Å². The highest BCUT2D eigenvalue weighted by Gasteiger charge is 2.32. The van der Waals surface area contributed by atoms with Gasteiger partial charge in [-0.2, -0.15) is 0 Å². The Labute approximate surface area is 160 Å². The number of likely N-dealkylation sites (tertiary alicyclic amines) is 1. The number of carbonyl (C=O) groups excluding carboxylic acids is 2. The topological polar surface area (TPSA) is 103 Å². The van der Waals surface area contributed by atoms with Crippen molar-refractivity contribution >= 4 is 28.3 Å². The van der Waals surface area contributed by atoms with E-state index < -0.39 is 0 Å². The van der Waals surface area contributed by atoms with Crippen LogP contribution in [0.2, 0.25) is 0 Å². The number of anilines is 1. The van der Waals surface area contributed by atoms with Crippen molar-refractivity contribution in [3.05, 3.63) is 12.1 Å². The summed E-state index contributed by atoms with van der Waals surface area (Å²) in [5, 5.41) is 11.8. The average Bonchev–Trinajstić information content (AvgIpc) is 3.27. The van der Waals surface area contributed by atoms with E-state index in [4.69, 9.17) is 14.2 Å². The highest BCUT2D eigenvalue weighted by molar-refractivity contribution is 7.18. The van der Waals surface area contributed by atoms with E-state index in [1.807, 2.05) is 0 Å². The van der Waals surface area contributed by atoms with E-state index in [1.54, 1.807) is 24.1 Å². The van der Waals surface area contributed by atoms with Gasteiger partial charge >= 0.3 is 0 Å². The first-order valence-electron chi connectivity index (χ1n) is 8.15. The second-order valence-electron chi connectivity index (χ2n) is 5.99. The molecule has 0 radical (unpaired) electrons. The Morgan fingerprint density at radius 3 is 2.37 bits per heavy atom. The van der Waals surface area contributed by atoms with Gasteiger partial charge in [0, 0.05) is 25.6 Å². The molecular formula is C17H20N4O5S. The summed E-state index contributed by atoms with van der Waals surface area (Å²) in [6.07, 6.45) is 0.209. The van der Waals surface area contributed by atoms with E-state index >= 15 is 0 Å². The molecule has 0 unspecified atom stereocenters. The highest BCUT2D eigenvalue weighted by Crippen LogP contribution is 2.42. The van der Waals surface area contributed by atoms with Crippen LogP contribution in [0.1, 0.15) is 6.42 Å². The van der Waals surface area contributed by atoms with Gasteiger partial charge in [0.1, 0.15) is 5.01 Å². The first kappa shape index (κ1) is 18.9. The smallest absolute Gasteiger partial charge is 0.231 e. The van der Waals surface area contributed by atoms with Crippen LogP contribution in [-0.2, 0) is 9.59 Å². The summed E-state index contributed by atoms with van der Waals surface area (Å²) >= 11 is 1.22. The quantitative estimate of drug-likeness (QED) is 0.797. The molecule has 2 amide bonds. The third-order valence-electron chi connectivity index (χ3n) is 4.28. The number of hydrogen-bond acceptors (Lipinski definition) is 8. The zero-order valence-corrected chi connectivity index (χ0v) is 16.3. The highest BCUT2D eigenvalue weighted by atomic mass is 32.1. The van der Waals surface area contributed by atoms with Crippen LogP contribution in [0.5, 0.6) is 17.2 Å². The van der Waals surface area contributed by atoms with Crippen LogP contribution in [0.4, 0.5) is 5.13 Å². The monoisotopic (exact) mass is 392 g/mol. The standard InChI is InChI=1S/C17H20N4O5S/c1-21-8-10(7-13(21)22)15(23)18-17-20-19-16(27-17)9-5-11(24-2)14(26-4)12(6-9)25-3/h5-6,10H,7-8H2,1-4H3,(H,18,20,23)/t10-/m1/s1. The Hall–Kier alpha value is -2.88. The Morgan fingerprint density at radius 1 is 1.19 bits per heavy atom. The summed E-state index contributed by atoms with van der Waals surface area (Å²) in [6, 6.07) is 3.52. The number of hydrogen-bond donors (Lipinski definition) is 1. The Kier molecular flexibility index (Phi) is 5.45. The van der Waals surface area contributed by atoms with Gasteiger partial charge < -0.3 is 24.4 Å². The lowest BCUT2D eigenvalue weighted by molar-refractivity contribution is -0.127. The van der Waals surface area contributed by atoms with Gasteiger partial charge in [-0.1, -0.05) is 11.3 Å². The Balaban J connectivity index is 1.79. The average molecular weight is 392 g/mol. The van der Waals surface area contributed by atoms with Gasteiger partial charge in [-0.05, 0) is 12.1 Å². The lowest BCUT2D eigenvalue weighted by Gasteiger charge is -2.13. The van der Waals surface area contributed by atoms with Gasteiger partial charge in [0.2, 0.25) is 22.7 Å². The number of amides is 2. The van der Waals surface area contributed by atoms with Gasteiger partial charge in [0.25, 0.3) is 0 Å². The maximum atomic E-state index is 12.3. The van der Waals surface area contributed by atoms with Crippen LogP contribution in [-0.4, -0.2) is 61.8 Å². The molecule has 3 rings (SSSR count). The van der Waals surface area contributed by atoms with Gasteiger partial charge in [-0.25, -0.2) is 0 Å². The van der Waals surface area contributed by atoms with Gasteiger partial charge in [-0.15, -0.1) is 10.2 Å². The van der Waals surface area contributed by atoms with Crippen molar-refractivity contribution in [3.8, 4) is 27.8 Å². The molecule has 1 fully saturated rings. The molecule has 1 aromatic heterocycles. The van der Waals surface area contributed by atoms with Gasteiger partial charge in [0.15, 0.2) is 11.5 Å². The number of methoxy groups -OCH3 is 3. The Morgan fingerprint density at radius 2 is 1.85 bits per heavy atom. The van der Waals surface area contributed by atoms with Crippen LogP contribution in [0.15, 0.2) is 12.1 Å². The van der Waals surface area contributed by atoms with Crippen molar-refractivity contribution in [2.75, 3.05) is 40.2 Å². The van der Waals surface area contributed by atoms with E-state index in [-0.39, 0.29) is 24.2 Å². The molecule has 1 N–H and O–H groups in total. The fourth-order valence-corrected chi connectivity index (χ4v) is 3.58. The molecule has 0 aliphatic carbocycles. The van der Waals surface area contributed by atoms with Crippen molar-refractivity contribution in [1.29, 1.82) is 0 Å². The van der Waals surface area contributed by atoms with Crippen molar-refractivity contribution < 1.29 is 23.8 Å². The van der Waals surface area contributed by atoms with E-state index in [0.717, 1.165) is 5.56 Å². The molecule has 1 aliphatic rings. The van der Waals surface area contributed by atoms with Gasteiger partial charge in [0.05, 0.1) is 27.2 Å². The van der Waals surface area contributed by atoms with E-state index in [9.17, 15) is 9.59 Å². The minimum Gasteiger partial charge on any atom is -0.493 e. The second kappa shape index (κ2) is 7.78. The summed E-state index contributed by atoms with van der Waals surface area (Å²) in [5.41, 5.74) is 0.721. The number of nitrogens with zero attached hydrogens (tertiary/aromatic N) is 3. The van der Waals surface area contributed by atoms with Crippen molar-refractivity contribution in [1.82, 2.24) is 15.1 Å². The molecule has 2 heterocycles. The summed E-state index contributed by atoms with van der Waals surface area (Å²) in [6.45, 7) is 0.406. The first-order chi connectivity index (χ1) is 13.0. The maximum Gasteiger partial charge on any atom is 0.231 e. The number of carbonyl (C=O) groups is 2. The summed E-state index contributed by atoms with van der Waals surface area (Å²) in [4.78, 5) is 25.5. The summed E-state index contributed by atoms with van der Waals surface area (Å²) < 4.78 is 16.0. The SMILES string of the molecule is COc1cc(-c2nnc(NC(=O)[C@@H]3CC(=O)N(C)C3)s2)cc(OC)c1OC. The molecular weight excluding hydrogens is 372 g/mol. The lowest BCUT2D eigenvalue weighted by atomic mass is 10.1. The lowest BCUT2D eigenvalue weighted by Crippen LogP contribution is -2.25. The molecule has 1 atom stereocenters. The normalized spacial score (nSPS) is 16.4. The van der Waals surface area contributed by atoms with Gasteiger partial charge in [-0.3, -0.25) is 9.59 Å². The number of ether oxygens (including phenoxy) is 3. The van der Waals surface area contributed by atoms with Crippen LogP contribution < -0.4 is 19.5 Å². The largest absolute Gasteiger partial charge is 0.493 e. The number of nitrogens with one attached hydrogen (secondary N) is 1. The fraction of sp³-hybridized carbons (Fsp3) is 0.412. The predicted octanol–water partition coefficient (Wildman–Crippen LogP) is 1.65. The molecule has 27 heavy (non-hydrogen) atoms. The maximum absolute atomic E-state index is 12.3. The second-order valence-corrected chi connectivity index (χ2v) is 6.97. The fourth-order valence-electron chi connectivity index (χ4n) is 2.84. The Bertz CT molecular complexity index is 844. The zero-order chi connectivity index (χ0) is 19.6. The third-order valence-corrected chi connectivity index (χ3v) is 5.17. The van der Waals surface area contributed by atoms with E-state index in [1.165, 1.54) is 32.7 Å². The molecule has 10 heteroatoms. The molecule has 1 aliphatic heterocycles. The van der Waals surface area contributed by atoms with Crippen LogP contribution >= 0.6 is 11.3 Å². The van der Waals surface area contributed by atoms with E-state index in [0.29, 0.717) is 33.9 Å². The molecule has 9 nitrogen and oxygen atoms in total. The minimum absolute atomic E-state index is 0.0366. The van der Waals surface area contributed by atoms with Crippen LogP contribution in [0.25, 0.3) is 10.6 Å². The number of rotatable bonds is 6. The third kappa shape index (κ3) is 3.80. The first-order valence-corrected chi connectivity index (χ1v) is 8.97. The molecule has 0 bridgehead atoms. The summed E-state index contributed by atoms with van der Waals surface area (Å²) in [5.74, 6) is 0.832. The molecule has 144 valence electrons. The van der Waals surface area contributed by atoms with Crippen molar-refractivity contribution in [3.63, 3.8) is 0 Å². The minimum atomic E-state index is -0.379. The zero-order valence-electron chi connectivity index (χ0n) is 15.4. The number of benzene rings is 1. The predicted molar refractivity (Wildman–Crippen MR) is 99.4 cm³/mol. The van der Waals surface area contributed by atoms with Crippen LogP contribution in [0, 0.1) is 5.92 Å². The van der Waals surface area contributed by atoms with Crippen molar-refractivity contribution in [2.45, 2.75) is 6.42 Å². The molecule has 1 aromatic carbocycles. The molecule has 0 spiro atoms. The summed E-state index contributed by atoms with van der Waals surface area (Å²) in [7, 11) is 6.28.